The van der Waals surface area contributed by atoms with Crippen LogP contribution in [0.2, 0.25) is 0 Å². The molecule has 1 aliphatic rings. The Bertz CT molecular complexity index is 1260. The number of aromatic nitrogens is 3. The Morgan fingerprint density at radius 3 is 2.75 bits per heavy atom. The molecule has 0 spiro atoms. The van der Waals surface area contributed by atoms with Gasteiger partial charge in [-0.05, 0) is 42.5 Å². The molecule has 1 saturated carbocycles. The van der Waals surface area contributed by atoms with Crippen LogP contribution in [0.4, 0.5) is 10.5 Å². The summed E-state index contributed by atoms with van der Waals surface area (Å²) in [5.41, 5.74) is 3.33. The molecule has 2 N–H and O–H groups in total. The molecule has 4 aromatic rings. The molecule has 0 saturated heterocycles. The lowest BCUT2D eigenvalue weighted by Gasteiger charge is -2.22. The van der Waals surface area contributed by atoms with Crippen molar-refractivity contribution in [3.8, 4) is 11.3 Å². The number of fused-ring (bicyclic) bond motifs is 1. The van der Waals surface area contributed by atoms with Crippen LogP contribution in [0.15, 0.2) is 60.2 Å². The number of ketones is 1. The minimum Gasteiger partial charge on any atom is -0.335 e. The van der Waals surface area contributed by atoms with Gasteiger partial charge in [-0.25, -0.2) is 14.3 Å². The third kappa shape index (κ3) is 4.13. The molecule has 3 aromatic heterocycles. The van der Waals surface area contributed by atoms with Crippen molar-refractivity contribution in [2.45, 2.75) is 38.1 Å². The SMILES string of the molecule is O=C(Nc1cccc(-c2ccnc3c(C(=O)c4cccs4)cnn23)c1)NC1CCCCC1. The van der Waals surface area contributed by atoms with Crippen LogP contribution in [0.1, 0.15) is 47.3 Å². The molecule has 0 radical (unpaired) electrons. The Morgan fingerprint density at radius 1 is 1.06 bits per heavy atom. The van der Waals surface area contributed by atoms with Crippen molar-refractivity contribution in [3.63, 3.8) is 0 Å². The summed E-state index contributed by atoms with van der Waals surface area (Å²) in [5, 5.41) is 12.3. The second kappa shape index (κ2) is 8.92. The first-order chi connectivity index (χ1) is 15.7. The van der Waals surface area contributed by atoms with E-state index in [1.165, 1.54) is 30.6 Å². The van der Waals surface area contributed by atoms with Gasteiger partial charge < -0.3 is 10.6 Å². The molecule has 32 heavy (non-hydrogen) atoms. The maximum atomic E-state index is 12.8. The number of hydrogen-bond donors (Lipinski definition) is 2. The minimum atomic E-state index is -0.183. The van der Waals surface area contributed by atoms with Crippen molar-refractivity contribution >= 4 is 34.5 Å². The number of anilines is 1. The van der Waals surface area contributed by atoms with Crippen molar-refractivity contribution in [3.05, 3.63) is 70.7 Å². The molecule has 7 nitrogen and oxygen atoms in total. The monoisotopic (exact) mass is 445 g/mol. The number of carbonyl (C=O) groups is 2. The van der Waals surface area contributed by atoms with E-state index in [0.29, 0.717) is 21.8 Å². The lowest BCUT2D eigenvalue weighted by molar-refractivity contribution is 0.104. The van der Waals surface area contributed by atoms with Gasteiger partial charge in [-0.1, -0.05) is 37.5 Å². The fourth-order valence-electron chi connectivity index (χ4n) is 4.17. The van der Waals surface area contributed by atoms with E-state index in [2.05, 4.69) is 20.7 Å². The molecule has 5 rings (SSSR count). The maximum absolute atomic E-state index is 12.8. The highest BCUT2D eigenvalue weighted by atomic mass is 32.1. The van der Waals surface area contributed by atoms with E-state index in [1.807, 2.05) is 41.8 Å². The van der Waals surface area contributed by atoms with Crippen LogP contribution in [0.3, 0.4) is 0 Å². The van der Waals surface area contributed by atoms with E-state index in [0.717, 1.165) is 24.1 Å². The predicted octanol–water partition coefficient (Wildman–Crippen LogP) is 5.14. The zero-order valence-electron chi connectivity index (χ0n) is 17.5. The van der Waals surface area contributed by atoms with E-state index < -0.39 is 0 Å². The van der Waals surface area contributed by atoms with Crippen LogP contribution >= 0.6 is 11.3 Å². The smallest absolute Gasteiger partial charge is 0.319 e. The van der Waals surface area contributed by atoms with Gasteiger partial charge in [0.05, 0.1) is 22.3 Å². The first-order valence-electron chi connectivity index (χ1n) is 10.8. The highest BCUT2D eigenvalue weighted by Gasteiger charge is 2.19. The number of carbonyl (C=O) groups excluding carboxylic acids is 2. The molecule has 2 amide bonds. The van der Waals surface area contributed by atoms with Crippen LogP contribution in [0.5, 0.6) is 0 Å². The second-order valence-electron chi connectivity index (χ2n) is 7.94. The Balaban J connectivity index is 1.39. The Morgan fingerprint density at radius 2 is 1.94 bits per heavy atom. The summed E-state index contributed by atoms with van der Waals surface area (Å²) in [5.74, 6) is -0.0885. The summed E-state index contributed by atoms with van der Waals surface area (Å²) in [6.07, 6.45) is 8.89. The largest absolute Gasteiger partial charge is 0.335 e. The number of nitrogens with one attached hydrogen (secondary N) is 2. The van der Waals surface area contributed by atoms with Crippen molar-refractivity contribution in [1.29, 1.82) is 0 Å². The zero-order valence-corrected chi connectivity index (χ0v) is 18.3. The number of benzene rings is 1. The first-order valence-corrected chi connectivity index (χ1v) is 11.7. The first kappa shape index (κ1) is 20.4. The van der Waals surface area contributed by atoms with Gasteiger partial charge in [0.15, 0.2) is 5.65 Å². The molecule has 8 heteroatoms. The van der Waals surface area contributed by atoms with E-state index in [1.54, 1.807) is 23.0 Å². The quantitative estimate of drug-likeness (QED) is 0.416. The molecule has 0 aliphatic heterocycles. The van der Waals surface area contributed by atoms with Crippen LogP contribution in [0, 0.1) is 0 Å². The topological polar surface area (TPSA) is 88.4 Å². The number of urea groups is 1. The fourth-order valence-corrected chi connectivity index (χ4v) is 4.84. The van der Waals surface area contributed by atoms with E-state index >= 15 is 0 Å². The van der Waals surface area contributed by atoms with Crippen molar-refractivity contribution < 1.29 is 9.59 Å². The molecule has 0 unspecified atom stereocenters. The van der Waals surface area contributed by atoms with Gasteiger partial charge in [0.2, 0.25) is 5.78 Å². The molecule has 0 bridgehead atoms. The van der Waals surface area contributed by atoms with Crippen molar-refractivity contribution in [2.24, 2.45) is 0 Å². The van der Waals surface area contributed by atoms with Crippen LogP contribution in [-0.4, -0.2) is 32.5 Å². The van der Waals surface area contributed by atoms with Crippen LogP contribution in [-0.2, 0) is 0 Å². The fraction of sp³-hybridized carbons (Fsp3) is 0.250. The van der Waals surface area contributed by atoms with E-state index in [9.17, 15) is 9.59 Å². The van der Waals surface area contributed by atoms with Gasteiger partial charge in [-0.15, -0.1) is 11.3 Å². The van der Waals surface area contributed by atoms with Crippen LogP contribution < -0.4 is 10.6 Å². The summed E-state index contributed by atoms with van der Waals surface area (Å²) in [4.78, 5) is 30.3. The Labute approximate surface area is 189 Å². The third-order valence-electron chi connectivity index (χ3n) is 5.75. The van der Waals surface area contributed by atoms with Gasteiger partial charge in [-0.2, -0.15) is 5.10 Å². The molecule has 162 valence electrons. The molecule has 1 fully saturated rings. The van der Waals surface area contributed by atoms with Gasteiger partial charge in [0.1, 0.15) is 0 Å². The lowest BCUT2D eigenvalue weighted by atomic mass is 9.96. The third-order valence-corrected chi connectivity index (χ3v) is 6.62. The maximum Gasteiger partial charge on any atom is 0.319 e. The minimum absolute atomic E-state index is 0.0885. The van der Waals surface area contributed by atoms with Gasteiger partial charge in [0.25, 0.3) is 0 Å². The van der Waals surface area contributed by atoms with Crippen molar-refractivity contribution in [1.82, 2.24) is 19.9 Å². The number of rotatable bonds is 5. The summed E-state index contributed by atoms with van der Waals surface area (Å²) in [6, 6.07) is 13.2. The summed E-state index contributed by atoms with van der Waals surface area (Å²) in [6.45, 7) is 0. The number of amides is 2. The lowest BCUT2D eigenvalue weighted by Crippen LogP contribution is -2.39. The highest BCUT2D eigenvalue weighted by molar-refractivity contribution is 7.12. The average Bonchev–Trinajstić information content (AvgIpc) is 3.50. The molecule has 1 aliphatic carbocycles. The van der Waals surface area contributed by atoms with Crippen LogP contribution in [0.25, 0.3) is 16.9 Å². The second-order valence-corrected chi connectivity index (χ2v) is 8.89. The Kier molecular flexibility index (Phi) is 5.68. The summed E-state index contributed by atoms with van der Waals surface area (Å²) >= 11 is 1.40. The van der Waals surface area contributed by atoms with E-state index in [-0.39, 0.29) is 17.9 Å². The molecular formula is C24H23N5O2S. The zero-order chi connectivity index (χ0) is 21.9. The van der Waals surface area contributed by atoms with Gasteiger partial charge >= 0.3 is 6.03 Å². The average molecular weight is 446 g/mol. The molecular weight excluding hydrogens is 422 g/mol. The predicted molar refractivity (Wildman–Crippen MR) is 125 cm³/mol. The summed E-state index contributed by atoms with van der Waals surface area (Å²) in [7, 11) is 0. The standard InChI is InChI=1S/C24H23N5O2S/c30-22(21-10-5-13-32-21)19-15-26-29-20(11-12-25-23(19)29)16-6-4-9-18(14-16)28-24(31)27-17-7-2-1-3-8-17/h4-6,9-15,17H,1-3,7-8H2,(H2,27,28,31). The summed E-state index contributed by atoms with van der Waals surface area (Å²) < 4.78 is 1.67. The number of thiophene rings is 1. The van der Waals surface area contributed by atoms with Crippen molar-refractivity contribution in [2.75, 3.05) is 5.32 Å². The molecule has 1 aromatic carbocycles. The number of nitrogens with zero attached hydrogens (tertiary/aromatic N) is 3. The van der Waals surface area contributed by atoms with Gasteiger partial charge in [-0.3, -0.25) is 4.79 Å². The normalized spacial score (nSPS) is 14.4. The van der Waals surface area contributed by atoms with E-state index in [4.69, 9.17) is 0 Å². The highest BCUT2D eigenvalue weighted by Crippen LogP contribution is 2.25. The van der Waals surface area contributed by atoms with Gasteiger partial charge in [0, 0.05) is 23.5 Å². The molecule has 0 atom stereocenters. The molecule has 3 heterocycles. The number of hydrogen-bond acceptors (Lipinski definition) is 5. The Hall–Kier alpha value is -3.52.